The summed E-state index contributed by atoms with van der Waals surface area (Å²) in [6.45, 7) is 4.54. The number of aromatic hydroxyl groups is 1. The van der Waals surface area contributed by atoms with Crippen molar-refractivity contribution in [2.24, 2.45) is 23.5 Å². The molecule has 0 spiro atoms. The van der Waals surface area contributed by atoms with Crippen molar-refractivity contribution < 1.29 is 34.8 Å². The van der Waals surface area contributed by atoms with Crippen molar-refractivity contribution in [3.63, 3.8) is 0 Å². The molecule has 1 aromatic rings. The van der Waals surface area contributed by atoms with Gasteiger partial charge >= 0.3 is 0 Å². The van der Waals surface area contributed by atoms with Crippen LogP contribution < -0.4 is 10.6 Å². The number of aliphatic hydroxyl groups is 3. The van der Waals surface area contributed by atoms with Gasteiger partial charge in [0, 0.05) is 44.4 Å². The van der Waals surface area contributed by atoms with Gasteiger partial charge in [-0.3, -0.25) is 24.2 Å². The Morgan fingerprint density at radius 1 is 1.12 bits per heavy atom. The zero-order valence-electron chi connectivity index (χ0n) is 25.0. The molecule has 0 saturated heterocycles. The number of nitrogens with zero attached hydrogens (tertiary/aromatic N) is 3. The van der Waals surface area contributed by atoms with Crippen LogP contribution in [-0.2, 0) is 27.3 Å². The first-order valence-corrected chi connectivity index (χ1v) is 14.7. The number of aliphatic hydroxyl groups excluding tert-OH is 2. The molecule has 0 aromatic heterocycles. The average Bonchev–Trinajstić information content (AvgIpc) is 2.86. The number of phenols is 1. The summed E-state index contributed by atoms with van der Waals surface area (Å²) in [5.41, 5.74) is 4.33. The molecule has 6 N–H and O–H groups in total. The number of Topliss-reactive ketones (excluding diaryl/α,β-unsaturated/α-hetero) is 2. The van der Waals surface area contributed by atoms with Gasteiger partial charge in [-0.15, -0.1) is 0 Å². The summed E-state index contributed by atoms with van der Waals surface area (Å²) in [5.74, 6) is -5.80. The molecule has 228 valence electrons. The van der Waals surface area contributed by atoms with Gasteiger partial charge in [0.15, 0.2) is 11.4 Å². The van der Waals surface area contributed by atoms with Gasteiger partial charge in [-0.1, -0.05) is 13.3 Å². The number of benzene rings is 1. The highest BCUT2D eigenvalue weighted by atomic mass is 16.3. The SMILES string of the molecule is CCN(Cc1cc(O)c2c(c1N(C)C)C[C@H]1C[C@H]3[C@H](N(C)C)C(=O)C(C(N)=O)=C(O)[C@@]3(O)C(=O)C1=C2O)CC1CCC1. The highest BCUT2D eigenvalue weighted by Gasteiger charge is 2.64. The number of ketones is 2. The molecule has 1 amide bonds. The smallest absolute Gasteiger partial charge is 0.255 e. The quantitative estimate of drug-likeness (QED) is 0.284. The van der Waals surface area contributed by atoms with E-state index < -0.39 is 58.0 Å². The second-order valence-corrected chi connectivity index (χ2v) is 12.7. The summed E-state index contributed by atoms with van der Waals surface area (Å²) in [4.78, 5) is 45.4. The Labute approximate surface area is 245 Å². The van der Waals surface area contributed by atoms with E-state index in [0.29, 0.717) is 18.0 Å². The van der Waals surface area contributed by atoms with Gasteiger partial charge in [0.25, 0.3) is 5.91 Å². The van der Waals surface area contributed by atoms with Crippen molar-refractivity contribution in [1.82, 2.24) is 9.80 Å². The molecular weight excluding hydrogens is 540 g/mol. The molecule has 5 rings (SSSR count). The summed E-state index contributed by atoms with van der Waals surface area (Å²) >= 11 is 0. The van der Waals surface area contributed by atoms with E-state index in [1.54, 1.807) is 20.2 Å². The van der Waals surface area contributed by atoms with Gasteiger partial charge in [-0.2, -0.15) is 0 Å². The first-order valence-electron chi connectivity index (χ1n) is 14.7. The number of anilines is 1. The lowest BCUT2D eigenvalue weighted by molar-refractivity contribution is -0.153. The number of fused-ring (bicyclic) bond motifs is 3. The molecule has 11 heteroatoms. The fraction of sp³-hybridized carbons (Fsp3) is 0.581. The molecular formula is C31H42N4O7. The van der Waals surface area contributed by atoms with Crippen LogP contribution in [0.25, 0.3) is 5.76 Å². The lowest BCUT2D eigenvalue weighted by Crippen LogP contribution is -2.65. The standard InChI is InChI=1S/C31H42N4O7/c1-6-35(13-15-8-7-9-15)14-17-12-20(36)22-18(24(17)33(2)3)10-16-11-19-25(34(4)5)27(38)23(30(32)41)29(40)31(19,42)28(39)21(16)26(22)37/h12,15-16,19,25,36-37,40,42H,6-11,13-14H2,1-5H3,(H2,32,41)/t16-,19-,25-,31-/m0/s1. The van der Waals surface area contributed by atoms with Crippen LogP contribution in [0.4, 0.5) is 5.69 Å². The summed E-state index contributed by atoms with van der Waals surface area (Å²) in [6, 6.07) is 0.517. The Balaban J connectivity index is 1.65. The Morgan fingerprint density at radius 2 is 1.79 bits per heavy atom. The molecule has 2 fully saturated rings. The third kappa shape index (κ3) is 4.40. The molecule has 4 atom stereocenters. The number of hydrogen-bond donors (Lipinski definition) is 5. The minimum Gasteiger partial charge on any atom is -0.508 e. The maximum absolute atomic E-state index is 14.1. The molecule has 0 unspecified atom stereocenters. The van der Waals surface area contributed by atoms with Crippen molar-refractivity contribution in [3.8, 4) is 5.75 Å². The van der Waals surface area contributed by atoms with Crippen molar-refractivity contribution >= 4 is 28.9 Å². The monoisotopic (exact) mass is 582 g/mol. The molecule has 0 radical (unpaired) electrons. The van der Waals surface area contributed by atoms with Crippen molar-refractivity contribution in [1.29, 1.82) is 0 Å². The number of carbonyl (C=O) groups is 3. The van der Waals surface area contributed by atoms with E-state index in [0.717, 1.165) is 24.3 Å². The predicted octanol–water partition coefficient (Wildman–Crippen LogP) is 1.65. The number of nitrogens with two attached hydrogens (primary N) is 1. The topological polar surface area (TPSA) is 168 Å². The summed E-state index contributed by atoms with van der Waals surface area (Å²) in [5, 5.41) is 45.6. The molecule has 42 heavy (non-hydrogen) atoms. The summed E-state index contributed by atoms with van der Waals surface area (Å²) < 4.78 is 0. The van der Waals surface area contributed by atoms with Crippen LogP contribution in [-0.4, -0.2) is 101 Å². The van der Waals surface area contributed by atoms with Crippen molar-refractivity contribution in [2.75, 3.05) is 46.2 Å². The lowest BCUT2D eigenvalue weighted by atomic mass is 9.57. The first kappa shape index (κ1) is 30.1. The third-order valence-electron chi connectivity index (χ3n) is 9.80. The second-order valence-electron chi connectivity index (χ2n) is 12.7. The largest absolute Gasteiger partial charge is 0.508 e. The molecule has 0 bridgehead atoms. The van der Waals surface area contributed by atoms with E-state index in [2.05, 4.69) is 11.8 Å². The van der Waals surface area contributed by atoms with Crippen molar-refractivity contribution in [3.05, 3.63) is 39.7 Å². The predicted molar refractivity (Wildman–Crippen MR) is 157 cm³/mol. The van der Waals surface area contributed by atoms with Crippen LogP contribution in [0.1, 0.15) is 49.3 Å². The number of primary amides is 1. The average molecular weight is 583 g/mol. The van der Waals surface area contributed by atoms with E-state index in [-0.39, 0.29) is 29.7 Å². The molecule has 1 aromatic carbocycles. The Morgan fingerprint density at radius 3 is 2.31 bits per heavy atom. The number of likely N-dealkylation sites (N-methyl/N-ethyl adjacent to an activating group) is 1. The Bertz CT molecular complexity index is 1410. The highest BCUT2D eigenvalue weighted by Crippen LogP contribution is 2.54. The fourth-order valence-electron chi connectivity index (χ4n) is 7.63. The van der Waals surface area contributed by atoms with E-state index in [4.69, 9.17) is 5.73 Å². The van der Waals surface area contributed by atoms with Gasteiger partial charge in [0.2, 0.25) is 5.78 Å². The van der Waals surface area contributed by atoms with Crippen LogP contribution in [0.3, 0.4) is 0 Å². The molecule has 11 nitrogen and oxygen atoms in total. The molecule has 4 aliphatic carbocycles. The molecule has 0 heterocycles. The number of rotatable bonds is 8. The number of hydrogen-bond acceptors (Lipinski definition) is 10. The van der Waals surface area contributed by atoms with Gasteiger partial charge in [-0.25, -0.2) is 0 Å². The normalized spacial score (nSPS) is 27.7. The third-order valence-corrected chi connectivity index (χ3v) is 9.80. The first-order chi connectivity index (χ1) is 19.7. The molecule has 4 aliphatic rings. The van der Waals surface area contributed by atoms with Gasteiger partial charge < -0.3 is 31.1 Å². The maximum atomic E-state index is 14.1. The second kappa shape index (κ2) is 10.7. The zero-order valence-corrected chi connectivity index (χ0v) is 25.0. The number of carbonyl (C=O) groups excluding carboxylic acids is 3. The maximum Gasteiger partial charge on any atom is 0.255 e. The van der Waals surface area contributed by atoms with Crippen LogP contribution >= 0.6 is 0 Å². The van der Waals surface area contributed by atoms with E-state index in [1.165, 1.54) is 24.2 Å². The minimum atomic E-state index is -2.65. The molecule has 2 saturated carbocycles. The van der Waals surface area contributed by atoms with Crippen LogP contribution in [0.5, 0.6) is 5.75 Å². The van der Waals surface area contributed by atoms with E-state index in [9.17, 15) is 34.8 Å². The highest BCUT2D eigenvalue weighted by molar-refractivity contribution is 6.24. The Kier molecular flexibility index (Phi) is 7.66. The van der Waals surface area contributed by atoms with Gasteiger partial charge in [0.05, 0.1) is 11.6 Å². The van der Waals surface area contributed by atoms with E-state index >= 15 is 0 Å². The van der Waals surface area contributed by atoms with Gasteiger partial charge in [-0.05, 0) is 75.4 Å². The fourth-order valence-corrected chi connectivity index (χ4v) is 7.63. The van der Waals surface area contributed by atoms with E-state index in [1.807, 2.05) is 19.0 Å². The summed E-state index contributed by atoms with van der Waals surface area (Å²) in [6.07, 6.45) is 4.02. The number of phenolic OH excluding ortho intramolecular Hbond substituents is 1. The van der Waals surface area contributed by atoms with Crippen molar-refractivity contribution in [2.45, 2.75) is 57.2 Å². The van der Waals surface area contributed by atoms with Crippen LogP contribution in [0.15, 0.2) is 23.0 Å². The Hall–Kier alpha value is -3.41. The minimum absolute atomic E-state index is 0.0619. The lowest BCUT2D eigenvalue weighted by Gasteiger charge is -2.50. The van der Waals surface area contributed by atoms with Crippen LogP contribution in [0.2, 0.25) is 0 Å². The summed E-state index contributed by atoms with van der Waals surface area (Å²) in [7, 11) is 6.97. The zero-order chi connectivity index (χ0) is 30.8. The molecule has 0 aliphatic heterocycles. The van der Waals surface area contributed by atoms with Crippen LogP contribution in [0, 0.1) is 17.8 Å². The van der Waals surface area contributed by atoms with Gasteiger partial charge in [0.1, 0.15) is 22.8 Å². The number of amides is 1.